The third-order valence-electron chi connectivity index (χ3n) is 2.66. The van der Waals surface area contributed by atoms with Gasteiger partial charge in [-0.15, -0.1) is 0 Å². The van der Waals surface area contributed by atoms with Gasteiger partial charge in [-0.1, -0.05) is 6.42 Å². The summed E-state index contributed by atoms with van der Waals surface area (Å²) < 4.78 is 3.36. The fourth-order valence-electron chi connectivity index (χ4n) is 1.75. The highest BCUT2D eigenvalue weighted by molar-refractivity contribution is 4.89. The Kier molecular flexibility index (Phi) is 4.89. The fraction of sp³-hybridized carbons (Fsp3) is 0.692. The lowest BCUT2D eigenvalue weighted by Crippen LogP contribution is -2.35. The molecule has 0 amide bonds. The molecule has 86 valence electrons. The van der Waals surface area contributed by atoms with E-state index < -0.39 is 0 Å². The third-order valence-corrected chi connectivity index (χ3v) is 2.66. The molecule has 0 radical (unpaired) electrons. The number of hydrogen-bond acceptors (Lipinski definition) is 0. The van der Waals surface area contributed by atoms with Gasteiger partial charge in [0.25, 0.3) is 0 Å². The molecule has 1 rings (SSSR count). The molecule has 0 atom stereocenters. The monoisotopic (exact) mass is 209 g/mol. The van der Waals surface area contributed by atoms with E-state index in [1.165, 1.54) is 38.8 Å². The lowest BCUT2D eigenvalue weighted by atomic mass is 10.2. The average Bonchev–Trinajstić information content (AvgIpc) is 2.61. The van der Waals surface area contributed by atoms with E-state index in [0.717, 1.165) is 4.48 Å². The minimum atomic E-state index is 1.09. The zero-order valence-corrected chi connectivity index (χ0v) is 10.4. The van der Waals surface area contributed by atoms with Gasteiger partial charge in [-0.05, 0) is 31.4 Å². The molecule has 0 aliphatic rings. The number of nitrogens with zero attached hydrogens (tertiary/aromatic N) is 2. The van der Waals surface area contributed by atoms with Crippen molar-refractivity contribution in [1.82, 2.24) is 4.57 Å². The van der Waals surface area contributed by atoms with Crippen LogP contribution >= 0.6 is 0 Å². The highest BCUT2D eigenvalue weighted by atomic mass is 15.3. The molecule has 0 N–H and O–H groups in total. The van der Waals surface area contributed by atoms with Crippen LogP contribution in [0.15, 0.2) is 24.5 Å². The summed E-state index contributed by atoms with van der Waals surface area (Å²) in [5.74, 6) is 0. The van der Waals surface area contributed by atoms with Gasteiger partial charge in [0.2, 0.25) is 0 Å². The first-order valence-electron chi connectivity index (χ1n) is 5.99. The van der Waals surface area contributed by atoms with Crippen LogP contribution in [-0.4, -0.2) is 36.7 Å². The van der Waals surface area contributed by atoms with E-state index in [1.807, 2.05) is 0 Å². The van der Waals surface area contributed by atoms with Crippen LogP contribution in [0.1, 0.15) is 25.7 Å². The zero-order chi connectivity index (χ0) is 11.1. The first-order chi connectivity index (χ1) is 7.08. The van der Waals surface area contributed by atoms with Gasteiger partial charge in [0.15, 0.2) is 0 Å². The molecule has 1 aromatic heterocycles. The van der Waals surface area contributed by atoms with Gasteiger partial charge in [-0.25, -0.2) is 0 Å². The summed E-state index contributed by atoms with van der Waals surface area (Å²) in [6, 6.07) is 4.19. The Morgan fingerprint density at radius 2 is 1.47 bits per heavy atom. The summed E-state index contributed by atoms with van der Waals surface area (Å²) in [5, 5.41) is 0. The predicted octanol–water partition coefficient (Wildman–Crippen LogP) is 2.75. The van der Waals surface area contributed by atoms with Crippen LogP contribution < -0.4 is 0 Å². The summed E-state index contributed by atoms with van der Waals surface area (Å²) in [6.45, 7) is 2.47. The minimum absolute atomic E-state index is 1.09. The van der Waals surface area contributed by atoms with Crippen LogP contribution in [0.5, 0.6) is 0 Å². The quantitative estimate of drug-likeness (QED) is 0.481. The molecule has 15 heavy (non-hydrogen) atoms. The molecule has 0 aromatic carbocycles. The first kappa shape index (κ1) is 12.3. The van der Waals surface area contributed by atoms with Gasteiger partial charge in [-0.2, -0.15) is 0 Å². The van der Waals surface area contributed by atoms with Gasteiger partial charge in [-0.3, -0.25) is 0 Å². The van der Waals surface area contributed by atoms with Crippen LogP contribution in [0.2, 0.25) is 0 Å². The lowest BCUT2D eigenvalue weighted by molar-refractivity contribution is -0.870. The van der Waals surface area contributed by atoms with Crippen molar-refractivity contribution < 1.29 is 4.48 Å². The van der Waals surface area contributed by atoms with Crippen molar-refractivity contribution in [3.8, 4) is 0 Å². The Morgan fingerprint density at radius 3 is 2.07 bits per heavy atom. The van der Waals surface area contributed by atoms with Gasteiger partial charge < -0.3 is 9.05 Å². The number of rotatable bonds is 7. The molecule has 0 bridgehead atoms. The smallest absolute Gasteiger partial charge is 0.0780 e. The summed E-state index contributed by atoms with van der Waals surface area (Å²) in [7, 11) is 6.79. The van der Waals surface area contributed by atoms with E-state index in [2.05, 4.69) is 50.2 Å². The second-order valence-corrected chi connectivity index (χ2v) is 5.35. The van der Waals surface area contributed by atoms with Crippen LogP contribution in [0.25, 0.3) is 0 Å². The van der Waals surface area contributed by atoms with Gasteiger partial charge in [0.05, 0.1) is 27.7 Å². The maximum atomic E-state index is 2.26. The van der Waals surface area contributed by atoms with E-state index in [4.69, 9.17) is 0 Å². The molecule has 0 aliphatic heterocycles. The van der Waals surface area contributed by atoms with E-state index in [0.29, 0.717) is 0 Å². The lowest BCUT2D eigenvalue weighted by Gasteiger charge is -2.23. The zero-order valence-electron chi connectivity index (χ0n) is 10.4. The van der Waals surface area contributed by atoms with Gasteiger partial charge in [0, 0.05) is 18.9 Å². The molecule has 1 heterocycles. The number of quaternary nitrogens is 1. The highest BCUT2D eigenvalue weighted by Gasteiger charge is 2.04. The van der Waals surface area contributed by atoms with E-state index >= 15 is 0 Å². The summed E-state index contributed by atoms with van der Waals surface area (Å²) in [6.07, 6.45) is 9.69. The Labute approximate surface area is 94.1 Å². The van der Waals surface area contributed by atoms with Gasteiger partial charge >= 0.3 is 0 Å². The molecule has 0 saturated heterocycles. The van der Waals surface area contributed by atoms with Crippen LogP contribution in [0.4, 0.5) is 0 Å². The molecule has 2 nitrogen and oxygen atoms in total. The molecular weight excluding hydrogens is 184 g/mol. The van der Waals surface area contributed by atoms with Crippen LogP contribution in [-0.2, 0) is 6.54 Å². The van der Waals surface area contributed by atoms with E-state index in [9.17, 15) is 0 Å². The van der Waals surface area contributed by atoms with Crippen LogP contribution in [0.3, 0.4) is 0 Å². The molecular formula is C13H25N2+. The Hall–Kier alpha value is -0.760. The summed E-state index contributed by atoms with van der Waals surface area (Å²) >= 11 is 0. The number of hydrogen-bond donors (Lipinski definition) is 0. The molecule has 0 unspecified atom stereocenters. The second kappa shape index (κ2) is 5.96. The Morgan fingerprint density at radius 1 is 0.867 bits per heavy atom. The molecule has 0 aliphatic carbocycles. The molecule has 0 spiro atoms. The molecule has 2 heteroatoms. The Bertz CT molecular complexity index is 244. The largest absolute Gasteiger partial charge is 0.354 e. The highest BCUT2D eigenvalue weighted by Crippen LogP contribution is 2.05. The van der Waals surface area contributed by atoms with E-state index in [1.54, 1.807) is 0 Å². The Balaban J connectivity index is 1.94. The number of aromatic nitrogens is 1. The number of aryl methyl sites for hydroxylation is 1. The maximum Gasteiger partial charge on any atom is 0.0780 e. The number of unbranched alkanes of at least 4 members (excludes halogenated alkanes) is 3. The predicted molar refractivity (Wildman–Crippen MR) is 65.8 cm³/mol. The topological polar surface area (TPSA) is 4.93 Å². The van der Waals surface area contributed by atoms with Crippen molar-refractivity contribution in [1.29, 1.82) is 0 Å². The van der Waals surface area contributed by atoms with Crippen molar-refractivity contribution in [2.24, 2.45) is 0 Å². The average molecular weight is 209 g/mol. The van der Waals surface area contributed by atoms with Crippen molar-refractivity contribution in [3.05, 3.63) is 24.5 Å². The standard InChI is InChI=1S/C13H25N2/c1-15(2,3)13-9-5-4-6-10-14-11-7-8-12-14/h7-8,11-12H,4-6,9-10,13H2,1-3H3/q+1. The first-order valence-corrected chi connectivity index (χ1v) is 5.99. The fourth-order valence-corrected chi connectivity index (χ4v) is 1.75. The van der Waals surface area contributed by atoms with Crippen molar-refractivity contribution in [2.45, 2.75) is 32.2 Å². The van der Waals surface area contributed by atoms with Crippen molar-refractivity contribution in [3.63, 3.8) is 0 Å². The third kappa shape index (κ3) is 6.34. The molecule has 1 aromatic rings. The van der Waals surface area contributed by atoms with Gasteiger partial charge in [0.1, 0.15) is 0 Å². The maximum absolute atomic E-state index is 2.26. The minimum Gasteiger partial charge on any atom is -0.354 e. The van der Waals surface area contributed by atoms with Crippen LogP contribution in [0, 0.1) is 0 Å². The summed E-state index contributed by atoms with van der Waals surface area (Å²) in [4.78, 5) is 0. The second-order valence-electron chi connectivity index (χ2n) is 5.35. The molecule has 0 fully saturated rings. The summed E-state index contributed by atoms with van der Waals surface area (Å²) in [5.41, 5.74) is 0. The normalized spacial score (nSPS) is 11.9. The van der Waals surface area contributed by atoms with Crippen molar-refractivity contribution >= 4 is 0 Å². The molecule has 0 saturated carbocycles. The SMILES string of the molecule is C[N+](C)(C)CCCCCCn1cccc1. The van der Waals surface area contributed by atoms with Crippen molar-refractivity contribution in [2.75, 3.05) is 27.7 Å². The van der Waals surface area contributed by atoms with E-state index in [-0.39, 0.29) is 0 Å².